The van der Waals surface area contributed by atoms with Gasteiger partial charge >= 0.3 is 0 Å². The third-order valence-electron chi connectivity index (χ3n) is 3.05. The van der Waals surface area contributed by atoms with Crippen molar-refractivity contribution in [3.05, 3.63) is 52.0 Å². The minimum Gasteiger partial charge on any atom is -0.497 e. The number of fused-ring (bicyclic) bond motifs is 1. The summed E-state index contributed by atoms with van der Waals surface area (Å²) < 4.78 is 21.2. The first-order valence-corrected chi connectivity index (χ1v) is 6.63. The smallest absolute Gasteiger partial charge is 0.182 e. The zero-order valence-corrected chi connectivity index (χ0v) is 12.1. The van der Waals surface area contributed by atoms with E-state index in [2.05, 4.69) is 4.98 Å². The van der Waals surface area contributed by atoms with Gasteiger partial charge in [0, 0.05) is 6.07 Å². The molecule has 0 spiro atoms. The molecule has 6 heteroatoms. The molecule has 1 aromatic heterocycles. The maximum absolute atomic E-state index is 14.1. The molecule has 0 aliphatic carbocycles. The Morgan fingerprint density at radius 3 is 2.80 bits per heavy atom. The maximum atomic E-state index is 14.1. The van der Waals surface area contributed by atoms with Crippen molar-refractivity contribution in [3.63, 3.8) is 0 Å². The molecule has 3 nitrogen and oxygen atoms in total. The van der Waals surface area contributed by atoms with Crippen molar-refractivity contribution in [1.29, 1.82) is 0 Å². The number of aromatic amines is 1. The number of nitrogens with zero attached hydrogens (tertiary/aromatic N) is 1. The van der Waals surface area contributed by atoms with Gasteiger partial charge in [-0.15, -0.1) is 0 Å². The Bertz CT molecular complexity index is 836. The van der Waals surface area contributed by atoms with Gasteiger partial charge in [-0.25, -0.2) is 4.39 Å². The van der Waals surface area contributed by atoms with Gasteiger partial charge in [-0.2, -0.15) is 0 Å². The van der Waals surface area contributed by atoms with Gasteiger partial charge in [0.1, 0.15) is 17.3 Å². The topological polar surface area (TPSA) is 29.9 Å². The number of ether oxygens (including phenoxy) is 1. The van der Waals surface area contributed by atoms with Crippen LogP contribution in [0.1, 0.15) is 0 Å². The highest BCUT2D eigenvalue weighted by atomic mass is 35.5. The number of H-pyrrole nitrogens is 1. The molecule has 1 heterocycles. The first kappa shape index (κ1) is 13.1. The standard InChI is InChI=1S/C14H10ClFN2OS/c1-19-8-5-6-12-11(7-8)17-14(20)18(12)13-9(15)3-2-4-10(13)16/h2-7H,1H3,(H,17,20). The number of halogens is 2. The summed E-state index contributed by atoms with van der Waals surface area (Å²) in [5.41, 5.74) is 1.74. The molecule has 0 bridgehead atoms. The van der Waals surface area contributed by atoms with E-state index < -0.39 is 5.82 Å². The van der Waals surface area contributed by atoms with Crippen molar-refractivity contribution >= 4 is 34.9 Å². The van der Waals surface area contributed by atoms with Crippen LogP contribution < -0.4 is 4.74 Å². The van der Waals surface area contributed by atoms with Gasteiger partial charge in [-0.1, -0.05) is 17.7 Å². The lowest BCUT2D eigenvalue weighted by atomic mass is 10.2. The van der Waals surface area contributed by atoms with Crippen LogP contribution in [0.25, 0.3) is 16.7 Å². The number of aromatic nitrogens is 2. The number of rotatable bonds is 2. The van der Waals surface area contributed by atoms with E-state index in [1.165, 1.54) is 6.07 Å². The molecule has 0 saturated carbocycles. The number of hydrogen-bond donors (Lipinski definition) is 1. The molecular weight excluding hydrogens is 299 g/mol. The fourth-order valence-electron chi connectivity index (χ4n) is 2.14. The Balaban J connectivity index is 2.37. The molecule has 3 rings (SSSR count). The van der Waals surface area contributed by atoms with Crippen LogP contribution in [0.5, 0.6) is 5.75 Å². The summed E-state index contributed by atoms with van der Waals surface area (Å²) in [5.74, 6) is 0.269. The van der Waals surface area contributed by atoms with Crippen LogP contribution in [0, 0.1) is 10.6 Å². The van der Waals surface area contributed by atoms with E-state index in [-0.39, 0.29) is 5.69 Å². The molecule has 0 aliphatic heterocycles. The molecule has 2 aromatic carbocycles. The van der Waals surface area contributed by atoms with E-state index in [0.29, 0.717) is 15.5 Å². The van der Waals surface area contributed by atoms with Crippen LogP contribution >= 0.6 is 23.8 Å². The molecule has 0 fully saturated rings. The molecule has 1 N–H and O–H groups in total. The molecule has 0 amide bonds. The molecule has 20 heavy (non-hydrogen) atoms. The zero-order chi connectivity index (χ0) is 14.3. The fraction of sp³-hybridized carbons (Fsp3) is 0.0714. The Hall–Kier alpha value is -1.85. The monoisotopic (exact) mass is 308 g/mol. The van der Waals surface area contributed by atoms with E-state index in [1.54, 1.807) is 35.9 Å². The summed E-state index contributed by atoms with van der Waals surface area (Å²) in [6.07, 6.45) is 0. The number of methoxy groups -OCH3 is 1. The average Bonchev–Trinajstić information content (AvgIpc) is 2.74. The Morgan fingerprint density at radius 1 is 1.30 bits per heavy atom. The van der Waals surface area contributed by atoms with Gasteiger partial charge < -0.3 is 9.72 Å². The normalized spacial score (nSPS) is 10.9. The second-order valence-electron chi connectivity index (χ2n) is 4.22. The molecule has 0 aliphatic rings. The predicted octanol–water partition coefficient (Wildman–Crippen LogP) is 4.49. The van der Waals surface area contributed by atoms with Crippen molar-refractivity contribution in [2.75, 3.05) is 7.11 Å². The van der Waals surface area contributed by atoms with E-state index in [9.17, 15) is 4.39 Å². The highest BCUT2D eigenvalue weighted by molar-refractivity contribution is 7.71. The predicted molar refractivity (Wildman–Crippen MR) is 80.0 cm³/mol. The van der Waals surface area contributed by atoms with E-state index in [1.807, 2.05) is 6.07 Å². The summed E-state index contributed by atoms with van der Waals surface area (Å²) in [7, 11) is 1.58. The Labute approximate surface area is 124 Å². The molecule has 0 saturated heterocycles. The second kappa shape index (κ2) is 4.92. The van der Waals surface area contributed by atoms with Crippen molar-refractivity contribution in [2.45, 2.75) is 0 Å². The quantitative estimate of drug-likeness (QED) is 0.707. The van der Waals surface area contributed by atoms with Gasteiger partial charge in [-0.3, -0.25) is 4.57 Å². The number of nitrogens with one attached hydrogen (secondary N) is 1. The lowest BCUT2D eigenvalue weighted by Crippen LogP contribution is -1.98. The van der Waals surface area contributed by atoms with Gasteiger partial charge in [0.05, 0.1) is 23.2 Å². The average molecular weight is 309 g/mol. The zero-order valence-electron chi connectivity index (χ0n) is 10.5. The third kappa shape index (κ3) is 1.99. The first-order chi connectivity index (χ1) is 9.61. The van der Waals surface area contributed by atoms with E-state index >= 15 is 0 Å². The number of hydrogen-bond acceptors (Lipinski definition) is 2. The highest BCUT2D eigenvalue weighted by Gasteiger charge is 2.14. The fourth-order valence-corrected chi connectivity index (χ4v) is 2.69. The van der Waals surface area contributed by atoms with Crippen molar-refractivity contribution in [1.82, 2.24) is 9.55 Å². The molecular formula is C14H10ClFN2OS. The molecule has 102 valence electrons. The molecule has 0 atom stereocenters. The van der Waals surface area contributed by atoms with Crippen molar-refractivity contribution in [3.8, 4) is 11.4 Å². The van der Waals surface area contributed by atoms with E-state index in [4.69, 9.17) is 28.6 Å². The summed E-state index contributed by atoms with van der Waals surface area (Å²) >= 11 is 11.4. The van der Waals surface area contributed by atoms with Crippen molar-refractivity contribution < 1.29 is 9.13 Å². The molecule has 3 aromatic rings. The lowest BCUT2D eigenvalue weighted by molar-refractivity contribution is 0.415. The maximum Gasteiger partial charge on any atom is 0.182 e. The lowest BCUT2D eigenvalue weighted by Gasteiger charge is -2.08. The minimum atomic E-state index is -0.426. The second-order valence-corrected chi connectivity index (χ2v) is 5.01. The minimum absolute atomic E-state index is 0.246. The van der Waals surface area contributed by atoms with Crippen LogP contribution in [0.3, 0.4) is 0 Å². The highest BCUT2D eigenvalue weighted by Crippen LogP contribution is 2.29. The van der Waals surface area contributed by atoms with E-state index in [0.717, 1.165) is 11.0 Å². The first-order valence-electron chi connectivity index (χ1n) is 5.85. The van der Waals surface area contributed by atoms with Gasteiger partial charge in [-0.05, 0) is 36.5 Å². The van der Waals surface area contributed by atoms with Crippen LogP contribution in [0.4, 0.5) is 4.39 Å². The van der Waals surface area contributed by atoms with Gasteiger partial charge in [0.15, 0.2) is 4.77 Å². The van der Waals surface area contributed by atoms with Crippen LogP contribution in [-0.4, -0.2) is 16.7 Å². The van der Waals surface area contributed by atoms with Crippen LogP contribution in [0.15, 0.2) is 36.4 Å². The summed E-state index contributed by atoms with van der Waals surface area (Å²) in [6.45, 7) is 0. The number of para-hydroxylation sites is 1. The largest absolute Gasteiger partial charge is 0.497 e. The van der Waals surface area contributed by atoms with Gasteiger partial charge in [0.2, 0.25) is 0 Å². The third-order valence-corrected chi connectivity index (χ3v) is 3.64. The summed E-state index contributed by atoms with van der Waals surface area (Å²) in [6, 6.07) is 9.94. The summed E-state index contributed by atoms with van der Waals surface area (Å²) in [5, 5.41) is 0.304. The summed E-state index contributed by atoms with van der Waals surface area (Å²) in [4.78, 5) is 3.03. The number of benzene rings is 2. The molecule has 0 unspecified atom stereocenters. The van der Waals surface area contributed by atoms with Crippen LogP contribution in [0.2, 0.25) is 5.02 Å². The Morgan fingerprint density at radius 2 is 2.10 bits per heavy atom. The van der Waals surface area contributed by atoms with Gasteiger partial charge in [0.25, 0.3) is 0 Å². The Kier molecular flexibility index (Phi) is 3.23. The SMILES string of the molecule is COc1ccc2c(c1)[nH]c(=S)n2-c1c(F)cccc1Cl. The van der Waals surface area contributed by atoms with Crippen LogP contribution in [-0.2, 0) is 0 Å². The molecule has 0 radical (unpaired) electrons. The van der Waals surface area contributed by atoms with Crippen molar-refractivity contribution in [2.24, 2.45) is 0 Å². The number of imidazole rings is 1.